The van der Waals surface area contributed by atoms with E-state index in [0.717, 1.165) is 45.3 Å². The van der Waals surface area contributed by atoms with Crippen molar-refractivity contribution in [1.82, 2.24) is 10.2 Å². The highest BCUT2D eigenvalue weighted by molar-refractivity contribution is 5.78. The maximum absolute atomic E-state index is 12.3. The molecule has 0 unspecified atom stereocenters. The second kappa shape index (κ2) is 7.31. The summed E-state index contributed by atoms with van der Waals surface area (Å²) in [4.78, 5) is 14.7. The van der Waals surface area contributed by atoms with Crippen LogP contribution >= 0.6 is 0 Å². The number of carbonyl (C=O) groups is 1. The first-order valence-corrected chi connectivity index (χ1v) is 8.87. The number of hydrogen-bond donors (Lipinski definition) is 1. The fourth-order valence-electron chi connectivity index (χ4n) is 3.84. The van der Waals surface area contributed by atoms with Crippen LogP contribution in [0.25, 0.3) is 0 Å². The van der Waals surface area contributed by atoms with Crippen molar-refractivity contribution in [2.24, 2.45) is 0 Å². The maximum atomic E-state index is 12.3. The van der Waals surface area contributed by atoms with Gasteiger partial charge in [-0.15, -0.1) is 0 Å². The van der Waals surface area contributed by atoms with Crippen LogP contribution in [0.1, 0.15) is 44.1 Å². The lowest BCUT2D eigenvalue weighted by atomic mass is 9.72. The molecule has 3 heteroatoms. The normalized spacial score (nSPS) is 21.0. The number of hydrogen-bond acceptors (Lipinski definition) is 2. The molecule has 124 valence electrons. The van der Waals surface area contributed by atoms with Gasteiger partial charge in [0.15, 0.2) is 0 Å². The molecule has 0 saturated carbocycles. The van der Waals surface area contributed by atoms with Crippen molar-refractivity contribution in [1.29, 1.82) is 0 Å². The van der Waals surface area contributed by atoms with Crippen LogP contribution in [0.5, 0.6) is 0 Å². The van der Waals surface area contributed by atoms with Gasteiger partial charge in [0.2, 0.25) is 5.91 Å². The first kappa shape index (κ1) is 16.3. The number of amides is 1. The standard InChI is InChI=1S/C20H28N2O/c1-22-13-11-20(12-14-22,18-9-3-2-4-10-18)16-21-19(23)15-17-7-5-6-8-17/h2-4,7,9-10H,5-6,8,11-16H2,1H3,(H,21,23). The van der Waals surface area contributed by atoms with E-state index in [4.69, 9.17) is 0 Å². The summed E-state index contributed by atoms with van der Waals surface area (Å²) in [5.41, 5.74) is 2.78. The minimum atomic E-state index is 0.0908. The molecule has 3 rings (SSSR count). The van der Waals surface area contributed by atoms with Gasteiger partial charge in [0.05, 0.1) is 0 Å². The molecule has 23 heavy (non-hydrogen) atoms. The van der Waals surface area contributed by atoms with Gasteiger partial charge in [-0.1, -0.05) is 42.0 Å². The van der Waals surface area contributed by atoms with E-state index in [2.05, 4.69) is 53.7 Å². The zero-order valence-corrected chi connectivity index (χ0v) is 14.2. The summed E-state index contributed by atoms with van der Waals surface area (Å²) >= 11 is 0. The van der Waals surface area contributed by atoms with Crippen LogP contribution in [0.4, 0.5) is 0 Å². The van der Waals surface area contributed by atoms with E-state index in [-0.39, 0.29) is 11.3 Å². The first-order valence-electron chi connectivity index (χ1n) is 8.87. The average molecular weight is 312 g/mol. The molecule has 0 radical (unpaired) electrons. The third-order valence-electron chi connectivity index (χ3n) is 5.48. The largest absolute Gasteiger partial charge is 0.355 e. The van der Waals surface area contributed by atoms with Crippen LogP contribution in [-0.4, -0.2) is 37.5 Å². The van der Waals surface area contributed by atoms with E-state index in [9.17, 15) is 4.79 Å². The van der Waals surface area contributed by atoms with Gasteiger partial charge in [0.1, 0.15) is 0 Å². The summed E-state index contributed by atoms with van der Waals surface area (Å²) in [6.07, 6.45) is 8.49. The van der Waals surface area contributed by atoms with Crippen LogP contribution < -0.4 is 5.32 Å². The van der Waals surface area contributed by atoms with Crippen LogP contribution in [0.2, 0.25) is 0 Å². The highest BCUT2D eigenvalue weighted by atomic mass is 16.1. The molecule has 1 aliphatic heterocycles. The van der Waals surface area contributed by atoms with Gasteiger partial charge in [-0.3, -0.25) is 4.79 Å². The molecular weight excluding hydrogens is 284 g/mol. The topological polar surface area (TPSA) is 32.3 Å². The Labute approximate surface area is 139 Å². The van der Waals surface area contributed by atoms with Crippen LogP contribution in [0.3, 0.4) is 0 Å². The molecule has 3 nitrogen and oxygen atoms in total. The second-order valence-corrected chi connectivity index (χ2v) is 7.16. The number of allylic oxidation sites excluding steroid dienone is 1. The van der Waals surface area contributed by atoms with E-state index in [1.165, 1.54) is 17.6 Å². The highest BCUT2D eigenvalue weighted by Gasteiger charge is 2.35. The third kappa shape index (κ3) is 4.03. The number of nitrogens with zero attached hydrogens (tertiary/aromatic N) is 1. The quantitative estimate of drug-likeness (QED) is 0.846. The van der Waals surface area contributed by atoms with Crippen molar-refractivity contribution in [3.05, 3.63) is 47.5 Å². The first-order chi connectivity index (χ1) is 11.2. The fourth-order valence-corrected chi connectivity index (χ4v) is 3.84. The Kier molecular flexibility index (Phi) is 5.16. The zero-order chi connectivity index (χ0) is 16.1. The molecule has 0 spiro atoms. The molecule has 0 bridgehead atoms. The lowest BCUT2D eigenvalue weighted by molar-refractivity contribution is -0.120. The van der Waals surface area contributed by atoms with E-state index in [1.807, 2.05) is 0 Å². The van der Waals surface area contributed by atoms with E-state index < -0.39 is 0 Å². The summed E-state index contributed by atoms with van der Waals surface area (Å²) in [5, 5.41) is 3.24. The Balaban J connectivity index is 1.65. The molecule has 1 amide bonds. The average Bonchev–Trinajstić information content (AvgIpc) is 3.08. The van der Waals surface area contributed by atoms with Crippen molar-refractivity contribution in [2.75, 3.05) is 26.7 Å². The lowest BCUT2D eigenvalue weighted by Gasteiger charge is -2.41. The summed E-state index contributed by atoms with van der Waals surface area (Å²) in [6, 6.07) is 10.7. The number of rotatable bonds is 5. The predicted molar refractivity (Wildman–Crippen MR) is 94.4 cm³/mol. The smallest absolute Gasteiger partial charge is 0.224 e. The monoisotopic (exact) mass is 312 g/mol. The summed E-state index contributed by atoms with van der Waals surface area (Å²) in [5.74, 6) is 0.187. The highest BCUT2D eigenvalue weighted by Crippen LogP contribution is 2.34. The Morgan fingerprint density at radius 2 is 1.96 bits per heavy atom. The Morgan fingerprint density at radius 3 is 2.61 bits per heavy atom. The van der Waals surface area contributed by atoms with E-state index in [0.29, 0.717) is 6.42 Å². The molecule has 1 N–H and O–H groups in total. The molecule has 1 aromatic carbocycles. The number of piperidine rings is 1. The molecule has 2 aliphatic rings. The van der Waals surface area contributed by atoms with Gasteiger partial charge in [-0.25, -0.2) is 0 Å². The van der Waals surface area contributed by atoms with Gasteiger partial charge in [-0.05, 0) is 57.8 Å². The van der Waals surface area contributed by atoms with Gasteiger partial charge in [0.25, 0.3) is 0 Å². The predicted octanol–water partition coefficient (Wildman–Crippen LogP) is 3.27. The Morgan fingerprint density at radius 1 is 1.22 bits per heavy atom. The number of benzene rings is 1. The molecule has 0 aromatic heterocycles. The summed E-state index contributed by atoms with van der Waals surface area (Å²) in [6.45, 7) is 2.95. The molecule has 1 aromatic rings. The van der Waals surface area contributed by atoms with Gasteiger partial charge >= 0.3 is 0 Å². The number of likely N-dealkylation sites (tertiary alicyclic amines) is 1. The second-order valence-electron chi connectivity index (χ2n) is 7.16. The van der Waals surface area contributed by atoms with Crippen molar-refractivity contribution in [2.45, 2.75) is 43.9 Å². The Hall–Kier alpha value is -1.61. The SMILES string of the molecule is CN1CCC(CNC(=O)CC2=CCCC2)(c2ccccc2)CC1. The van der Waals surface area contributed by atoms with Crippen molar-refractivity contribution in [3.63, 3.8) is 0 Å². The third-order valence-corrected chi connectivity index (χ3v) is 5.48. The minimum absolute atomic E-state index is 0.0908. The lowest BCUT2D eigenvalue weighted by Crippen LogP contribution is -2.48. The summed E-state index contributed by atoms with van der Waals surface area (Å²) < 4.78 is 0. The van der Waals surface area contributed by atoms with Crippen molar-refractivity contribution < 1.29 is 4.79 Å². The zero-order valence-electron chi connectivity index (χ0n) is 14.2. The van der Waals surface area contributed by atoms with E-state index >= 15 is 0 Å². The van der Waals surface area contributed by atoms with Gasteiger partial charge < -0.3 is 10.2 Å². The van der Waals surface area contributed by atoms with Gasteiger partial charge in [0, 0.05) is 18.4 Å². The number of carbonyl (C=O) groups excluding carboxylic acids is 1. The summed E-state index contributed by atoms with van der Waals surface area (Å²) in [7, 11) is 2.18. The molecule has 1 saturated heterocycles. The van der Waals surface area contributed by atoms with E-state index in [1.54, 1.807) is 0 Å². The fraction of sp³-hybridized carbons (Fsp3) is 0.550. The van der Waals surface area contributed by atoms with Gasteiger partial charge in [-0.2, -0.15) is 0 Å². The molecule has 1 fully saturated rings. The van der Waals surface area contributed by atoms with Crippen LogP contribution in [0.15, 0.2) is 42.0 Å². The minimum Gasteiger partial charge on any atom is -0.355 e. The molecular formula is C20H28N2O. The number of nitrogens with one attached hydrogen (secondary N) is 1. The molecule has 1 aliphatic carbocycles. The maximum Gasteiger partial charge on any atom is 0.224 e. The Bertz CT molecular complexity index is 556. The van der Waals surface area contributed by atoms with Crippen LogP contribution in [-0.2, 0) is 10.2 Å². The molecule has 0 atom stereocenters. The molecule has 1 heterocycles. The van der Waals surface area contributed by atoms with Crippen molar-refractivity contribution in [3.8, 4) is 0 Å². The van der Waals surface area contributed by atoms with Crippen molar-refractivity contribution >= 4 is 5.91 Å². The van der Waals surface area contributed by atoms with Crippen LogP contribution in [0, 0.1) is 0 Å².